The van der Waals surface area contributed by atoms with Crippen LogP contribution in [0.1, 0.15) is 37.2 Å². The van der Waals surface area contributed by atoms with Crippen molar-refractivity contribution in [2.45, 2.75) is 46.7 Å². The second-order valence-electron chi connectivity index (χ2n) is 4.85. The summed E-state index contributed by atoms with van der Waals surface area (Å²) in [5.74, 6) is 1.10. The lowest BCUT2D eigenvalue weighted by atomic mass is 10.1. The van der Waals surface area contributed by atoms with Gasteiger partial charge in [-0.3, -0.25) is 0 Å². The Bertz CT molecular complexity index is 529. The van der Waals surface area contributed by atoms with Crippen LogP contribution >= 0.6 is 0 Å². The average molecular weight is 257 g/mol. The normalized spacial score (nSPS) is 10.7. The smallest absolute Gasteiger partial charge is 0.128 e. The molecule has 1 aromatic heterocycles. The van der Waals surface area contributed by atoms with Crippen LogP contribution in [0, 0.1) is 6.92 Å². The Balaban J connectivity index is 2.12. The highest BCUT2D eigenvalue weighted by Gasteiger charge is 2.06. The second-order valence-corrected chi connectivity index (χ2v) is 4.85. The number of nitrogens with zero attached hydrogens (tertiary/aromatic N) is 2. The van der Waals surface area contributed by atoms with E-state index in [0.717, 1.165) is 31.8 Å². The van der Waals surface area contributed by atoms with Gasteiger partial charge in [0.1, 0.15) is 5.82 Å². The Labute approximate surface area is 115 Å². The van der Waals surface area contributed by atoms with E-state index in [-0.39, 0.29) is 0 Å². The van der Waals surface area contributed by atoms with Crippen molar-refractivity contribution in [2.75, 3.05) is 5.32 Å². The summed E-state index contributed by atoms with van der Waals surface area (Å²) in [6.45, 7) is 8.35. The zero-order chi connectivity index (χ0) is 13.7. The lowest BCUT2D eigenvalue weighted by Gasteiger charge is -2.14. The van der Waals surface area contributed by atoms with Gasteiger partial charge in [-0.05, 0) is 30.9 Å². The first-order valence-corrected chi connectivity index (χ1v) is 7.08. The van der Waals surface area contributed by atoms with Gasteiger partial charge in [0.2, 0.25) is 0 Å². The highest BCUT2D eigenvalue weighted by atomic mass is 15.1. The zero-order valence-corrected chi connectivity index (χ0v) is 12.1. The molecule has 1 heterocycles. The summed E-state index contributed by atoms with van der Waals surface area (Å²) in [6, 6.07) is 6.46. The quantitative estimate of drug-likeness (QED) is 0.853. The lowest BCUT2D eigenvalue weighted by Crippen LogP contribution is -2.10. The van der Waals surface area contributed by atoms with Gasteiger partial charge < -0.3 is 9.88 Å². The van der Waals surface area contributed by atoms with E-state index in [9.17, 15) is 0 Å². The van der Waals surface area contributed by atoms with E-state index in [2.05, 4.69) is 60.0 Å². The van der Waals surface area contributed by atoms with E-state index in [4.69, 9.17) is 0 Å². The van der Waals surface area contributed by atoms with Gasteiger partial charge in [0.25, 0.3) is 0 Å². The maximum absolute atomic E-state index is 4.44. The third-order valence-corrected chi connectivity index (χ3v) is 3.43. The Morgan fingerprint density at radius 1 is 1.26 bits per heavy atom. The molecular weight excluding hydrogens is 234 g/mol. The Hall–Kier alpha value is -1.77. The minimum atomic E-state index is 0.783. The van der Waals surface area contributed by atoms with Crippen LogP contribution < -0.4 is 5.32 Å². The molecular formula is C16H23N3. The molecule has 2 rings (SSSR count). The molecule has 0 amide bonds. The molecule has 0 atom stereocenters. The van der Waals surface area contributed by atoms with Crippen LogP contribution in [-0.2, 0) is 19.5 Å². The van der Waals surface area contributed by atoms with Crippen molar-refractivity contribution in [3.63, 3.8) is 0 Å². The molecule has 0 bridgehead atoms. The van der Waals surface area contributed by atoms with Crippen molar-refractivity contribution in [1.29, 1.82) is 0 Å². The monoisotopic (exact) mass is 257 g/mol. The van der Waals surface area contributed by atoms with Crippen molar-refractivity contribution in [1.82, 2.24) is 9.55 Å². The fraction of sp³-hybridized carbons (Fsp3) is 0.438. The number of hydrogen-bond acceptors (Lipinski definition) is 2. The van der Waals surface area contributed by atoms with Crippen LogP contribution in [0.15, 0.2) is 30.6 Å². The van der Waals surface area contributed by atoms with E-state index in [1.807, 2.05) is 6.20 Å². The third kappa shape index (κ3) is 3.16. The number of benzene rings is 1. The van der Waals surface area contributed by atoms with Gasteiger partial charge >= 0.3 is 0 Å². The molecule has 102 valence electrons. The fourth-order valence-corrected chi connectivity index (χ4v) is 2.40. The first kappa shape index (κ1) is 13.7. The van der Waals surface area contributed by atoms with Crippen molar-refractivity contribution >= 4 is 5.69 Å². The topological polar surface area (TPSA) is 29.9 Å². The van der Waals surface area contributed by atoms with E-state index in [1.165, 1.54) is 16.8 Å². The van der Waals surface area contributed by atoms with Crippen LogP contribution in [0.4, 0.5) is 5.69 Å². The van der Waals surface area contributed by atoms with Crippen LogP contribution in [0.2, 0.25) is 0 Å². The molecule has 3 heteroatoms. The number of aryl methyl sites for hydroxylation is 3. The van der Waals surface area contributed by atoms with Crippen LogP contribution in [-0.4, -0.2) is 9.55 Å². The van der Waals surface area contributed by atoms with Crippen molar-refractivity contribution in [2.24, 2.45) is 0 Å². The molecule has 0 fully saturated rings. The van der Waals surface area contributed by atoms with Crippen molar-refractivity contribution in [3.8, 4) is 0 Å². The minimum Gasteiger partial charge on any atom is -0.377 e. The SMILES string of the molecule is CCCn1ccnc1CNc1c(C)cccc1CC. The van der Waals surface area contributed by atoms with Gasteiger partial charge in [0.15, 0.2) is 0 Å². The van der Waals surface area contributed by atoms with Gasteiger partial charge in [0, 0.05) is 24.6 Å². The maximum atomic E-state index is 4.44. The van der Waals surface area contributed by atoms with E-state index in [0.29, 0.717) is 0 Å². The van der Waals surface area contributed by atoms with Gasteiger partial charge in [-0.2, -0.15) is 0 Å². The minimum absolute atomic E-state index is 0.783. The summed E-state index contributed by atoms with van der Waals surface area (Å²) >= 11 is 0. The molecule has 0 saturated carbocycles. The number of imidazole rings is 1. The van der Waals surface area contributed by atoms with E-state index in [1.54, 1.807) is 0 Å². The number of aromatic nitrogens is 2. The van der Waals surface area contributed by atoms with Gasteiger partial charge in [-0.25, -0.2) is 4.98 Å². The number of rotatable bonds is 6. The summed E-state index contributed by atoms with van der Waals surface area (Å²) in [4.78, 5) is 4.44. The summed E-state index contributed by atoms with van der Waals surface area (Å²) in [7, 11) is 0. The lowest BCUT2D eigenvalue weighted by molar-refractivity contribution is 0.644. The van der Waals surface area contributed by atoms with Crippen molar-refractivity contribution < 1.29 is 0 Å². The molecule has 19 heavy (non-hydrogen) atoms. The van der Waals surface area contributed by atoms with E-state index >= 15 is 0 Å². The van der Waals surface area contributed by atoms with Gasteiger partial charge in [-0.1, -0.05) is 32.0 Å². The zero-order valence-electron chi connectivity index (χ0n) is 12.1. The Morgan fingerprint density at radius 2 is 2.11 bits per heavy atom. The number of anilines is 1. The molecule has 1 aromatic carbocycles. The highest BCUT2D eigenvalue weighted by Crippen LogP contribution is 2.21. The molecule has 0 saturated heterocycles. The van der Waals surface area contributed by atoms with Crippen LogP contribution in [0.5, 0.6) is 0 Å². The summed E-state index contributed by atoms with van der Waals surface area (Å²) in [5, 5.41) is 3.55. The average Bonchev–Trinajstić information content (AvgIpc) is 2.85. The highest BCUT2D eigenvalue weighted by molar-refractivity contribution is 5.57. The predicted molar refractivity (Wildman–Crippen MR) is 80.4 cm³/mol. The maximum Gasteiger partial charge on any atom is 0.128 e. The molecule has 0 unspecified atom stereocenters. The largest absolute Gasteiger partial charge is 0.377 e. The number of hydrogen-bond donors (Lipinski definition) is 1. The first-order valence-electron chi connectivity index (χ1n) is 7.08. The van der Waals surface area contributed by atoms with Gasteiger partial charge in [0.05, 0.1) is 6.54 Å². The Morgan fingerprint density at radius 3 is 2.84 bits per heavy atom. The molecule has 0 spiro atoms. The summed E-state index contributed by atoms with van der Waals surface area (Å²) in [5.41, 5.74) is 3.93. The van der Waals surface area contributed by atoms with Crippen molar-refractivity contribution in [3.05, 3.63) is 47.5 Å². The number of para-hydroxylation sites is 1. The van der Waals surface area contributed by atoms with E-state index < -0.39 is 0 Å². The number of nitrogens with one attached hydrogen (secondary N) is 1. The molecule has 3 nitrogen and oxygen atoms in total. The predicted octanol–water partition coefficient (Wildman–Crippen LogP) is 3.78. The van der Waals surface area contributed by atoms with Crippen LogP contribution in [0.25, 0.3) is 0 Å². The van der Waals surface area contributed by atoms with Gasteiger partial charge in [-0.15, -0.1) is 0 Å². The first-order chi connectivity index (χ1) is 9.26. The third-order valence-electron chi connectivity index (χ3n) is 3.43. The molecule has 1 N–H and O–H groups in total. The summed E-state index contributed by atoms with van der Waals surface area (Å²) < 4.78 is 2.22. The molecule has 2 aromatic rings. The molecule has 0 aliphatic carbocycles. The Kier molecular flexibility index (Phi) is 4.61. The molecule has 0 aliphatic heterocycles. The molecule has 0 radical (unpaired) electrons. The van der Waals surface area contributed by atoms with Crippen LogP contribution in [0.3, 0.4) is 0 Å². The fourth-order valence-electron chi connectivity index (χ4n) is 2.40. The molecule has 0 aliphatic rings. The summed E-state index contributed by atoms with van der Waals surface area (Å²) in [6.07, 6.45) is 6.12. The second kappa shape index (κ2) is 6.41. The standard InChI is InChI=1S/C16H23N3/c1-4-10-19-11-9-17-15(19)12-18-16-13(3)7-6-8-14(16)5-2/h6-9,11,18H,4-5,10,12H2,1-3H3.